The molecule has 6 nitrogen and oxygen atoms in total. The molecule has 0 saturated heterocycles. The van der Waals surface area contributed by atoms with Gasteiger partial charge in [-0.1, -0.05) is 18.2 Å². The molecular weight excluding hydrogens is 334 g/mol. The average molecular weight is 359 g/mol. The molecular formula is C20H25NO5. The Hall–Kier alpha value is -2.89. The van der Waals surface area contributed by atoms with E-state index in [0.717, 1.165) is 11.1 Å². The highest BCUT2D eigenvalue weighted by Crippen LogP contribution is 2.31. The summed E-state index contributed by atoms with van der Waals surface area (Å²) < 4.78 is 21.4. The summed E-state index contributed by atoms with van der Waals surface area (Å²) in [6, 6.07) is 11.1. The second-order valence-electron chi connectivity index (χ2n) is 5.57. The van der Waals surface area contributed by atoms with Crippen LogP contribution in [0.5, 0.6) is 23.0 Å². The number of rotatable bonds is 9. The Balaban J connectivity index is 1.99. The number of hydrogen-bond acceptors (Lipinski definition) is 5. The van der Waals surface area contributed by atoms with Gasteiger partial charge in [-0.05, 0) is 30.2 Å². The van der Waals surface area contributed by atoms with Gasteiger partial charge in [0.1, 0.15) is 11.5 Å². The first-order valence-corrected chi connectivity index (χ1v) is 8.31. The molecule has 0 aliphatic heterocycles. The molecule has 1 amide bonds. The van der Waals surface area contributed by atoms with Gasteiger partial charge in [0, 0.05) is 12.1 Å². The number of carbonyl (C=O) groups excluding carboxylic acids is 1. The third-order valence-corrected chi connectivity index (χ3v) is 4.07. The third-order valence-electron chi connectivity index (χ3n) is 4.07. The third kappa shape index (κ3) is 4.59. The van der Waals surface area contributed by atoms with E-state index in [1.54, 1.807) is 28.4 Å². The lowest BCUT2D eigenvalue weighted by atomic mass is 10.1. The summed E-state index contributed by atoms with van der Waals surface area (Å²) in [5, 5.41) is 2.92. The molecule has 0 spiro atoms. The van der Waals surface area contributed by atoms with E-state index in [1.165, 1.54) is 0 Å². The number of nitrogens with one attached hydrogen (secondary N) is 1. The van der Waals surface area contributed by atoms with Gasteiger partial charge in [-0.25, -0.2) is 0 Å². The normalized spacial score (nSPS) is 10.2. The number of methoxy groups -OCH3 is 4. The Morgan fingerprint density at radius 3 is 2.00 bits per heavy atom. The van der Waals surface area contributed by atoms with Gasteiger partial charge in [-0.3, -0.25) is 4.79 Å². The van der Waals surface area contributed by atoms with Crippen LogP contribution in [0.25, 0.3) is 0 Å². The first-order chi connectivity index (χ1) is 12.6. The Morgan fingerprint density at radius 1 is 0.846 bits per heavy atom. The van der Waals surface area contributed by atoms with Crippen LogP contribution in [0.2, 0.25) is 0 Å². The van der Waals surface area contributed by atoms with Crippen molar-refractivity contribution in [3.8, 4) is 23.0 Å². The van der Waals surface area contributed by atoms with Crippen LogP contribution in [0.15, 0.2) is 36.4 Å². The van der Waals surface area contributed by atoms with E-state index in [2.05, 4.69) is 5.32 Å². The molecule has 0 radical (unpaired) electrons. The number of para-hydroxylation sites is 1. The van der Waals surface area contributed by atoms with Crippen LogP contribution in [-0.2, 0) is 17.6 Å². The van der Waals surface area contributed by atoms with Crippen molar-refractivity contribution in [3.63, 3.8) is 0 Å². The minimum atomic E-state index is -0.102. The summed E-state index contributed by atoms with van der Waals surface area (Å²) in [5.74, 6) is 2.53. The topological polar surface area (TPSA) is 66.0 Å². The fraction of sp³-hybridized carbons (Fsp3) is 0.350. The van der Waals surface area contributed by atoms with Crippen LogP contribution in [0.3, 0.4) is 0 Å². The maximum atomic E-state index is 12.3. The molecule has 0 aliphatic rings. The van der Waals surface area contributed by atoms with E-state index in [4.69, 9.17) is 18.9 Å². The zero-order chi connectivity index (χ0) is 18.9. The molecule has 26 heavy (non-hydrogen) atoms. The van der Waals surface area contributed by atoms with Crippen molar-refractivity contribution in [2.75, 3.05) is 35.0 Å². The lowest BCUT2D eigenvalue weighted by Gasteiger charge is -2.14. The van der Waals surface area contributed by atoms with Crippen molar-refractivity contribution < 1.29 is 23.7 Å². The Morgan fingerprint density at radius 2 is 1.42 bits per heavy atom. The Bertz CT molecular complexity index is 723. The van der Waals surface area contributed by atoms with E-state index in [9.17, 15) is 4.79 Å². The molecule has 2 aromatic carbocycles. The molecule has 0 aromatic heterocycles. The molecule has 0 unspecified atom stereocenters. The first-order valence-electron chi connectivity index (χ1n) is 8.31. The van der Waals surface area contributed by atoms with Crippen molar-refractivity contribution >= 4 is 5.91 Å². The summed E-state index contributed by atoms with van der Waals surface area (Å²) in [6.45, 7) is 0.486. The number of ether oxygens (including phenoxy) is 4. The van der Waals surface area contributed by atoms with Gasteiger partial charge in [0.15, 0.2) is 11.5 Å². The van der Waals surface area contributed by atoms with E-state index >= 15 is 0 Å². The number of amides is 1. The average Bonchev–Trinajstić information content (AvgIpc) is 2.67. The Kier molecular flexibility index (Phi) is 7.14. The summed E-state index contributed by atoms with van der Waals surface area (Å²) in [6.07, 6.45) is 0.817. The molecule has 0 fully saturated rings. The lowest BCUT2D eigenvalue weighted by Crippen LogP contribution is -2.27. The summed E-state index contributed by atoms with van der Waals surface area (Å²) in [7, 11) is 6.36. The molecule has 0 aliphatic carbocycles. The Labute approximate surface area is 154 Å². The molecule has 2 rings (SSSR count). The number of hydrogen-bond donors (Lipinski definition) is 1. The van der Waals surface area contributed by atoms with Crippen LogP contribution in [-0.4, -0.2) is 40.9 Å². The van der Waals surface area contributed by atoms with Crippen LogP contribution < -0.4 is 24.3 Å². The van der Waals surface area contributed by atoms with Crippen LogP contribution in [0, 0.1) is 0 Å². The fourth-order valence-electron chi connectivity index (χ4n) is 2.81. The zero-order valence-electron chi connectivity index (χ0n) is 15.6. The quantitative estimate of drug-likeness (QED) is 0.746. The highest BCUT2D eigenvalue weighted by Gasteiger charge is 2.14. The molecule has 2 aromatic rings. The van der Waals surface area contributed by atoms with Crippen LogP contribution >= 0.6 is 0 Å². The van der Waals surface area contributed by atoms with Crippen molar-refractivity contribution in [1.29, 1.82) is 0 Å². The predicted molar refractivity (Wildman–Crippen MR) is 99.5 cm³/mol. The van der Waals surface area contributed by atoms with Gasteiger partial charge in [0.2, 0.25) is 5.91 Å². The monoisotopic (exact) mass is 359 g/mol. The molecule has 0 heterocycles. The standard InChI is InChI=1S/C20H25NO5/c1-23-16-8-6-9-17(24-2)15(16)13-19(22)21-12-11-14-7-5-10-18(25-3)20(14)26-4/h5-10H,11-13H2,1-4H3,(H,21,22). The van der Waals surface area contributed by atoms with E-state index < -0.39 is 0 Å². The first kappa shape index (κ1) is 19.4. The fourth-order valence-corrected chi connectivity index (χ4v) is 2.81. The number of benzene rings is 2. The van der Waals surface area contributed by atoms with Crippen molar-refractivity contribution in [2.45, 2.75) is 12.8 Å². The summed E-state index contributed by atoms with van der Waals surface area (Å²) >= 11 is 0. The van der Waals surface area contributed by atoms with E-state index in [1.807, 2.05) is 36.4 Å². The van der Waals surface area contributed by atoms with E-state index in [-0.39, 0.29) is 12.3 Å². The second kappa shape index (κ2) is 9.56. The SMILES string of the molecule is COc1cccc(OC)c1CC(=O)NCCc1cccc(OC)c1OC. The van der Waals surface area contributed by atoms with Crippen molar-refractivity contribution in [1.82, 2.24) is 5.32 Å². The van der Waals surface area contributed by atoms with Crippen LogP contribution in [0.1, 0.15) is 11.1 Å². The summed E-state index contributed by atoms with van der Waals surface area (Å²) in [4.78, 5) is 12.3. The molecule has 0 saturated carbocycles. The van der Waals surface area contributed by atoms with Crippen LogP contribution in [0.4, 0.5) is 0 Å². The minimum Gasteiger partial charge on any atom is -0.496 e. The van der Waals surface area contributed by atoms with E-state index in [0.29, 0.717) is 36.0 Å². The lowest BCUT2D eigenvalue weighted by molar-refractivity contribution is -0.120. The smallest absolute Gasteiger partial charge is 0.224 e. The molecule has 0 atom stereocenters. The van der Waals surface area contributed by atoms with Crippen molar-refractivity contribution in [2.24, 2.45) is 0 Å². The maximum Gasteiger partial charge on any atom is 0.224 e. The van der Waals surface area contributed by atoms with Crippen molar-refractivity contribution in [3.05, 3.63) is 47.5 Å². The maximum absolute atomic E-state index is 12.3. The second-order valence-corrected chi connectivity index (χ2v) is 5.57. The van der Waals surface area contributed by atoms with Gasteiger partial charge in [0.25, 0.3) is 0 Å². The largest absolute Gasteiger partial charge is 0.496 e. The summed E-state index contributed by atoms with van der Waals surface area (Å²) in [5.41, 5.74) is 1.70. The predicted octanol–water partition coefficient (Wildman–Crippen LogP) is 2.62. The van der Waals surface area contributed by atoms with Gasteiger partial charge < -0.3 is 24.3 Å². The number of carbonyl (C=O) groups is 1. The van der Waals surface area contributed by atoms with Gasteiger partial charge in [-0.15, -0.1) is 0 Å². The zero-order valence-corrected chi connectivity index (χ0v) is 15.6. The molecule has 1 N–H and O–H groups in total. The van der Waals surface area contributed by atoms with Gasteiger partial charge >= 0.3 is 0 Å². The van der Waals surface area contributed by atoms with Gasteiger partial charge in [0.05, 0.1) is 34.9 Å². The molecule has 0 bridgehead atoms. The van der Waals surface area contributed by atoms with Gasteiger partial charge in [-0.2, -0.15) is 0 Å². The molecule has 140 valence electrons. The minimum absolute atomic E-state index is 0.102. The highest BCUT2D eigenvalue weighted by atomic mass is 16.5. The molecule has 6 heteroatoms. The highest BCUT2D eigenvalue weighted by molar-refractivity contribution is 5.80.